The summed E-state index contributed by atoms with van der Waals surface area (Å²) in [5, 5.41) is 17.6. The molecular formula is C16H21N7O. The molecule has 4 rings (SSSR count). The van der Waals surface area contributed by atoms with E-state index in [4.69, 9.17) is 0 Å². The van der Waals surface area contributed by atoms with E-state index < -0.39 is 0 Å². The van der Waals surface area contributed by atoms with Crippen LogP contribution in [0.2, 0.25) is 0 Å². The van der Waals surface area contributed by atoms with E-state index in [2.05, 4.69) is 30.0 Å². The number of aromatic nitrogens is 6. The third kappa shape index (κ3) is 2.43. The second-order valence-electron chi connectivity index (χ2n) is 6.29. The Kier molecular flexibility index (Phi) is 3.68. The van der Waals surface area contributed by atoms with Gasteiger partial charge in [0.05, 0.1) is 5.52 Å². The number of H-pyrrole nitrogens is 1. The van der Waals surface area contributed by atoms with Crippen molar-refractivity contribution < 1.29 is 5.11 Å². The molecule has 0 saturated carbocycles. The van der Waals surface area contributed by atoms with Crippen LogP contribution in [0.4, 0.5) is 5.82 Å². The fourth-order valence-corrected chi connectivity index (χ4v) is 3.49. The van der Waals surface area contributed by atoms with Crippen LogP contribution in [-0.4, -0.2) is 47.9 Å². The maximum absolute atomic E-state index is 9.28. The fraction of sp³-hybridized carbons (Fsp3) is 0.500. The summed E-state index contributed by atoms with van der Waals surface area (Å²) in [5.41, 5.74) is 1.96. The minimum atomic E-state index is -0.0760. The van der Waals surface area contributed by atoms with Crippen LogP contribution >= 0.6 is 0 Å². The highest BCUT2D eigenvalue weighted by molar-refractivity contribution is 5.86. The van der Waals surface area contributed by atoms with Crippen molar-refractivity contribution in [3.05, 3.63) is 29.7 Å². The number of fused-ring (bicyclic) bond motifs is 1. The van der Waals surface area contributed by atoms with Gasteiger partial charge in [-0.2, -0.15) is 0 Å². The Hall–Kier alpha value is -2.48. The summed E-state index contributed by atoms with van der Waals surface area (Å²) in [4.78, 5) is 14.7. The lowest BCUT2D eigenvalue weighted by atomic mass is 9.96. The number of nitrogens with one attached hydrogen (secondary N) is 1. The first-order chi connectivity index (χ1) is 11.7. The normalized spacial score (nSPS) is 16.2. The first kappa shape index (κ1) is 15.1. The zero-order valence-electron chi connectivity index (χ0n) is 13.9. The third-order valence-electron chi connectivity index (χ3n) is 4.80. The number of anilines is 1. The van der Waals surface area contributed by atoms with Crippen molar-refractivity contribution in [3.8, 4) is 0 Å². The van der Waals surface area contributed by atoms with Gasteiger partial charge >= 0.3 is 0 Å². The summed E-state index contributed by atoms with van der Waals surface area (Å²) in [6, 6.07) is 1.98. The van der Waals surface area contributed by atoms with Crippen LogP contribution in [0.1, 0.15) is 36.2 Å². The SMILES string of the molecule is Cc1nc(N2CCC(c3nnc(CO)n3C)CC2)c2[nH]ccc2n1. The number of nitrogens with zero attached hydrogens (tertiary/aromatic N) is 6. The van der Waals surface area contributed by atoms with Gasteiger partial charge in [0.15, 0.2) is 11.6 Å². The molecule has 0 atom stereocenters. The van der Waals surface area contributed by atoms with Crippen LogP contribution in [-0.2, 0) is 13.7 Å². The minimum absolute atomic E-state index is 0.0760. The molecule has 0 radical (unpaired) electrons. The van der Waals surface area contributed by atoms with Crippen molar-refractivity contribution in [1.82, 2.24) is 29.7 Å². The Balaban J connectivity index is 1.55. The van der Waals surface area contributed by atoms with Crippen molar-refractivity contribution >= 4 is 16.9 Å². The fourth-order valence-electron chi connectivity index (χ4n) is 3.49. The average Bonchev–Trinajstić information content (AvgIpc) is 3.20. The molecular weight excluding hydrogens is 306 g/mol. The smallest absolute Gasteiger partial charge is 0.158 e. The highest BCUT2D eigenvalue weighted by Gasteiger charge is 2.27. The number of rotatable bonds is 3. The number of aliphatic hydroxyl groups is 1. The molecule has 2 N–H and O–H groups in total. The molecule has 1 fully saturated rings. The van der Waals surface area contributed by atoms with Crippen LogP contribution in [0.15, 0.2) is 12.3 Å². The van der Waals surface area contributed by atoms with Crippen LogP contribution in [0.25, 0.3) is 11.0 Å². The van der Waals surface area contributed by atoms with Crippen molar-refractivity contribution in [3.63, 3.8) is 0 Å². The lowest BCUT2D eigenvalue weighted by molar-refractivity contribution is 0.266. The van der Waals surface area contributed by atoms with Crippen molar-refractivity contribution in [2.75, 3.05) is 18.0 Å². The van der Waals surface area contributed by atoms with Gasteiger partial charge in [-0.25, -0.2) is 9.97 Å². The van der Waals surface area contributed by atoms with E-state index in [-0.39, 0.29) is 6.61 Å². The predicted molar refractivity (Wildman–Crippen MR) is 89.7 cm³/mol. The summed E-state index contributed by atoms with van der Waals surface area (Å²) in [5.74, 6) is 3.71. The zero-order valence-corrected chi connectivity index (χ0v) is 13.9. The second kappa shape index (κ2) is 5.86. The van der Waals surface area contributed by atoms with Gasteiger partial charge in [-0.15, -0.1) is 10.2 Å². The molecule has 0 aromatic carbocycles. The zero-order chi connectivity index (χ0) is 16.7. The molecule has 3 aromatic rings. The quantitative estimate of drug-likeness (QED) is 0.752. The maximum Gasteiger partial charge on any atom is 0.158 e. The van der Waals surface area contributed by atoms with Gasteiger partial charge in [0.2, 0.25) is 0 Å². The van der Waals surface area contributed by atoms with Gasteiger partial charge in [0.1, 0.15) is 23.8 Å². The van der Waals surface area contributed by atoms with E-state index in [1.165, 1.54) is 0 Å². The molecule has 1 aliphatic heterocycles. The van der Waals surface area contributed by atoms with Crippen molar-refractivity contribution in [1.29, 1.82) is 0 Å². The molecule has 0 amide bonds. The Labute approximate surface area is 139 Å². The summed E-state index contributed by atoms with van der Waals surface area (Å²) >= 11 is 0. The molecule has 8 nitrogen and oxygen atoms in total. The van der Waals surface area contributed by atoms with Gasteiger partial charge in [0.25, 0.3) is 0 Å². The van der Waals surface area contributed by atoms with E-state index in [1.807, 2.05) is 30.8 Å². The number of aliphatic hydroxyl groups excluding tert-OH is 1. The topological polar surface area (TPSA) is 95.7 Å². The molecule has 1 saturated heterocycles. The van der Waals surface area contributed by atoms with Gasteiger partial charge < -0.3 is 19.6 Å². The molecule has 4 heterocycles. The minimum Gasteiger partial charge on any atom is -0.388 e. The van der Waals surface area contributed by atoms with Crippen molar-refractivity contribution in [2.24, 2.45) is 7.05 Å². The van der Waals surface area contributed by atoms with Gasteiger partial charge in [-0.3, -0.25) is 0 Å². The van der Waals surface area contributed by atoms with Crippen LogP contribution in [0.3, 0.4) is 0 Å². The van der Waals surface area contributed by atoms with Gasteiger partial charge in [0, 0.05) is 32.3 Å². The molecule has 24 heavy (non-hydrogen) atoms. The van der Waals surface area contributed by atoms with Crippen LogP contribution < -0.4 is 4.90 Å². The van der Waals surface area contributed by atoms with E-state index >= 15 is 0 Å². The Morgan fingerprint density at radius 2 is 2.04 bits per heavy atom. The molecule has 0 aliphatic carbocycles. The highest BCUT2D eigenvalue weighted by Crippen LogP contribution is 2.31. The monoisotopic (exact) mass is 327 g/mol. The number of aromatic amines is 1. The number of piperidine rings is 1. The Morgan fingerprint density at radius 3 is 2.75 bits per heavy atom. The van der Waals surface area contributed by atoms with E-state index in [1.54, 1.807) is 0 Å². The van der Waals surface area contributed by atoms with Crippen molar-refractivity contribution in [2.45, 2.75) is 32.3 Å². The Bertz CT molecular complexity index is 861. The van der Waals surface area contributed by atoms with Crippen LogP contribution in [0, 0.1) is 6.92 Å². The Morgan fingerprint density at radius 1 is 1.25 bits per heavy atom. The molecule has 3 aromatic heterocycles. The molecule has 0 spiro atoms. The molecule has 0 unspecified atom stereocenters. The number of aryl methyl sites for hydroxylation is 1. The largest absolute Gasteiger partial charge is 0.388 e. The molecule has 0 bridgehead atoms. The summed E-state index contributed by atoms with van der Waals surface area (Å²) in [6.07, 6.45) is 3.89. The lowest BCUT2D eigenvalue weighted by Crippen LogP contribution is -2.34. The van der Waals surface area contributed by atoms with E-state index in [0.717, 1.165) is 54.4 Å². The van der Waals surface area contributed by atoms with E-state index in [0.29, 0.717) is 11.7 Å². The summed E-state index contributed by atoms with van der Waals surface area (Å²) < 4.78 is 1.92. The predicted octanol–water partition coefficient (Wildman–Crippen LogP) is 1.27. The average molecular weight is 327 g/mol. The first-order valence-corrected chi connectivity index (χ1v) is 8.23. The summed E-state index contributed by atoms with van der Waals surface area (Å²) in [6.45, 7) is 3.68. The standard InChI is InChI=1S/C16H21N7O/c1-10-18-12-3-6-17-14(12)16(19-10)23-7-4-11(5-8-23)15-21-20-13(9-24)22(15)2/h3,6,11,17,24H,4-5,7-9H2,1-2H3. The third-order valence-corrected chi connectivity index (χ3v) is 4.80. The first-order valence-electron chi connectivity index (χ1n) is 8.23. The number of hydrogen-bond acceptors (Lipinski definition) is 6. The van der Waals surface area contributed by atoms with Gasteiger partial charge in [-0.05, 0) is 25.8 Å². The van der Waals surface area contributed by atoms with E-state index in [9.17, 15) is 5.11 Å². The number of hydrogen-bond donors (Lipinski definition) is 2. The summed E-state index contributed by atoms with van der Waals surface area (Å²) in [7, 11) is 1.92. The molecule has 1 aliphatic rings. The highest BCUT2D eigenvalue weighted by atomic mass is 16.3. The molecule has 8 heteroatoms. The molecule has 126 valence electrons. The lowest BCUT2D eigenvalue weighted by Gasteiger charge is -2.32. The van der Waals surface area contributed by atoms with Gasteiger partial charge in [-0.1, -0.05) is 0 Å². The maximum atomic E-state index is 9.28. The van der Waals surface area contributed by atoms with Crippen LogP contribution in [0.5, 0.6) is 0 Å². The second-order valence-corrected chi connectivity index (χ2v) is 6.29.